The van der Waals surface area contributed by atoms with E-state index in [0.29, 0.717) is 0 Å². The van der Waals surface area contributed by atoms with Crippen LogP contribution in [0.4, 0.5) is 0 Å². The van der Waals surface area contributed by atoms with Crippen LogP contribution in [0.15, 0.2) is 333 Å². The topological polar surface area (TPSA) is 255 Å². The number of fused-ring (bicyclic) bond motifs is 5. The Hall–Kier alpha value is -11.5. The zero-order valence-electron chi connectivity index (χ0n) is 87.7. The Kier molecular flexibility index (Phi) is 65.3. The zero-order valence-corrected chi connectivity index (χ0v) is 99.7. The second-order valence-electron chi connectivity index (χ2n) is 36.7. The van der Waals surface area contributed by atoms with Gasteiger partial charge in [-0.25, -0.2) is 0 Å². The van der Waals surface area contributed by atoms with E-state index in [4.69, 9.17) is 25.2 Å². The summed E-state index contributed by atoms with van der Waals surface area (Å²) in [5, 5.41) is 55.1. The van der Waals surface area contributed by atoms with Gasteiger partial charge in [0.25, 0.3) is 0 Å². The van der Waals surface area contributed by atoms with Crippen molar-refractivity contribution >= 4 is 82.8 Å². The van der Waals surface area contributed by atoms with Gasteiger partial charge in [-0.05, 0) is 161 Å². The maximum absolute atomic E-state index is 11.5. The molecule has 0 aliphatic rings. The number of aliphatic hydroxyl groups is 5. The second-order valence-corrected chi connectivity index (χ2v) is 36.7. The van der Waals surface area contributed by atoms with Crippen molar-refractivity contribution in [3.63, 3.8) is 0 Å². The Morgan fingerprint density at radius 3 is 0.719 bits per heavy atom. The third-order valence-corrected chi connectivity index (χ3v) is 21.6. The van der Waals surface area contributed by atoms with E-state index in [-0.39, 0.29) is 164 Å². The number of carbonyl (C=O) groups excluding carboxylic acids is 5. The Bertz CT molecular complexity index is 6330. The number of aliphatic hydroxyl groups excluding tert-OH is 5. The van der Waals surface area contributed by atoms with E-state index in [9.17, 15) is 24.3 Å². The fraction of sp³-hybridized carbons (Fsp3) is 0.286. The van der Waals surface area contributed by atoms with Crippen LogP contribution < -0.4 is 0 Å². The van der Waals surface area contributed by atoms with E-state index >= 15 is 0 Å². The molecule has 0 atom stereocenters. The van der Waals surface area contributed by atoms with Crippen molar-refractivity contribution in [2.75, 3.05) is 0 Å². The number of ketones is 5. The van der Waals surface area contributed by atoms with Crippen LogP contribution >= 0.6 is 0 Å². The van der Waals surface area contributed by atoms with E-state index in [1.165, 1.54) is 244 Å². The maximum Gasteiger partial charge on any atom is 0.316 e. The average Bonchev–Trinajstić information content (AvgIpc) is 0.821. The van der Waals surface area contributed by atoms with Crippen LogP contribution in [0.5, 0.6) is 0 Å². The van der Waals surface area contributed by atoms with Gasteiger partial charge in [-0.15, -0.1) is 177 Å². The second kappa shape index (κ2) is 72.0. The molecule has 10 aromatic carbocycles. The van der Waals surface area contributed by atoms with E-state index in [1.54, 1.807) is 0 Å². The van der Waals surface area contributed by atoms with Gasteiger partial charge in [0, 0.05) is 167 Å². The molecule has 0 saturated heterocycles. The summed E-state index contributed by atoms with van der Waals surface area (Å²) in [6, 6.07) is 101. The first-order chi connectivity index (χ1) is 67.4. The van der Waals surface area contributed by atoms with Crippen molar-refractivity contribution in [3.05, 3.63) is 391 Å². The minimum atomic E-state index is -0.417. The summed E-state index contributed by atoms with van der Waals surface area (Å²) in [6.07, 6.45) is 34.6. The number of unbranched alkanes of at least 4 members (excludes halogenated alkanes) is 9. The molecule has 0 fully saturated rings. The van der Waals surface area contributed by atoms with Crippen LogP contribution in [0, 0.1) is 55.0 Å². The predicted octanol–water partition coefficient (Wildman–Crippen LogP) is 32.7. The summed E-state index contributed by atoms with van der Waals surface area (Å²) in [7, 11) is 0. The normalized spacial score (nSPS) is 10.9. The molecular weight excluding hydrogens is 2700 g/mol. The van der Waals surface area contributed by atoms with Crippen molar-refractivity contribution in [2.45, 2.75) is 228 Å². The number of nitrogens with zero attached hydrogens (tertiary/aromatic N) is 5. The maximum atomic E-state index is 11.5. The Balaban J connectivity index is 0.000000831. The van der Waals surface area contributed by atoms with Gasteiger partial charge in [-0.1, -0.05) is 294 Å². The number of aryl methyl sites for hydroxylation is 5. The Morgan fingerprint density at radius 1 is 0.288 bits per heavy atom. The van der Waals surface area contributed by atoms with Gasteiger partial charge in [-0.2, -0.15) is 0 Å². The predicted molar refractivity (Wildman–Crippen MR) is 588 cm³/mol. The molecule has 0 spiro atoms. The molecule has 0 unspecified atom stereocenters. The van der Waals surface area contributed by atoms with Crippen molar-refractivity contribution < 1.29 is 150 Å². The quantitative estimate of drug-likeness (QED) is 0.0117. The molecule has 0 aliphatic heterocycles. The third-order valence-electron chi connectivity index (χ3n) is 21.6. The molecule has 0 amide bonds. The minimum absolute atomic E-state index is 0. The molecule has 15 aromatic rings. The molecule has 5 radical (unpaired) electrons. The number of allylic oxidation sites excluding steroid dienone is 10. The molecule has 5 aromatic heterocycles. The minimum Gasteiger partial charge on any atom is -0.512 e. The molecule has 0 bridgehead atoms. The fourth-order valence-electron chi connectivity index (χ4n) is 14.2. The number of rotatable bonds is 25. The van der Waals surface area contributed by atoms with Gasteiger partial charge in [0.05, 0.1) is 36.0 Å². The molecule has 15 rings (SSSR count). The van der Waals surface area contributed by atoms with Gasteiger partial charge in [-0.3, -0.25) is 24.0 Å². The molecule has 0 saturated carbocycles. The number of pyridine rings is 5. The summed E-state index contributed by atoms with van der Waals surface area (Å²) < 4.78 is 0. The molecule has 5 heterocycles. The first kappa shape index (κ1) is 133. The van der Waals surface area contributed by atoms with Gasteiger partial charge in [0.15, 0.2) is 23.1 Å². The van der Waals surface area contributed by atoms with Crippen LogP contribution in [0.3, 0.4) is 0 Å². The molecule has 15 nitrogen and oxygen atoms in total. The van der Waals surface area contributed by atoms with Crippen molar-refractivity contribution in [3.8, 4) is 56.3 Å². The van der Waals surface area contributed by atoms with Gasteiger partial charge >= 0.3 is 5.78 Å². The van der Waals surface area contributed by atoms with E-state index in [2.05, 4.69) is 284 Å². The van der Waals surface area contributed by atoms with Crippen molar-refractivity contribution in [1.29, 1.82) is 0 Å². The van der Waals surface area contributed by atoms with Crippen LogP contribution in [0.2, 0.25) is 0 Å². The van der Waals surface area contributed by atoms with Crippen molar-refractivity contribution in [1.82, 2.24) is 24.9 Å². The largest absolute Gasteiger partial charge is 0.512 e. The SMILES string of the molecule is CC(=O)C=C(C)O.CC(=O)C=C(C)O.CC(=O)C=C(C)O.CC(=[OH+])C=C(C)O.CC(C)(C)C(=O)C=C(O)C(C)(C)C.CCCCCCCCc1c[c-]c(-c2nccc3ccccc23)cc1.CCCCCCc1c[c-]c(-c2nccc3ccccc23)cc1.CCCCc1c[c-]c(-c2nccc3ccccc23)cc1.Cc1c[c-]c(-c2nccc3ccccc23)cc1.Cc1c[c-]c(-c2nccc3ccccc23)cc1.[Ir].[Ir].[Ir].[Ir].[Ir]. The van der Waals surface area contributed by atoms with Crippen LogP contribution in [-0.2, 0) is 139 Å². The summed E-state index contributed by atoms with van der Waals surface area (Å²) in [5.74, 6) is 0.167. The molecule has 0 aliphatic carbocycles. The summed E-state index contributed by atoms with van der Waals surface area (Å²) in [5.41, 5.74) is 16.2. The number of aromatic nitrogens is 5. The Labute approximate surface area is 935 Å². The summed E-state index contributed by atoms with van der Waals surface area (Å²) >= 11 is 0. The van der Waals surface area contributed by atoms with Gasteiger partial charge < -0.3 is 50.5 Å². The summed E-state index contributed by atoms with van der Waals surface area (Å²) in [4.78, 5) is 72.6. The molecule has 20 heteroatoms. The average molecular weight is 2850 g/mol. The van der Waals surface area contributed by atoms with Crippen LogP contribution in [0.25, 0.3) is 110 Å². The van der Waals surface area contributed by atoms with Gasteiger partial charge in [0.2, 0.25) is 0 Å². The van der Waals surface area contributed by atoms with Crippen molar-refractivity contribution in [2.24, 2.45) is 10.8 Å². The third kappa shape index (κ3) is 50.3. The van der Waals surface area contributed by atoms with E-state index < -0.39 is 5.41 Å². The molecular formula is C126H143Ir5N5O10-4. The zero-order chi connectivity index (χ0) is 103. The number of carbonyl (C=O) groups is 4. The monoisotopic (exact) mass is 2850 g/mol. The number of benzene rings is 10. The molecule has 146 heavy (non-hydrogen) atoms. The molecule has 781 valence electrons. The smallest absolute Gasteiger partial charge is 0.316 e. The standard InChI is InChI=1S/C23H26N.C21H22N.C19H18N.2C16H12N.C11H20O2.4C5H8O2.5Ir/c1-2-3-4-5-6-7-10-19-13-15-21(16-14-19)23-22-12-9-8-11-20(22)17-18-24-23;1-2-3-4-5-8-17-11-13-19(14-12-17)21-20-10-7-6-9-18(20)15-16-22-21;1-2-3-6-15-9-11-17(12-10-15)19-18-8-5-4-7-16(18)13-14-20-19;2*1-12-6-8-14(9-7-12)16-15-5-3-2-4-13(15)10-11-17-16;1-10(2,3)8(12)7-9(13)11(4,5)6;4*1-4(6)3-5(2)7;;;;;/h8-9,11-15,17-18H,2-7,10H2,1H3;6-7,9-13,15-16H,2-5,8H2,1H3;4-5,7-11,13-14H,2-3,6H2,1H3;2*2-8,10-11H,1H3;7,12H,1-6H3;4*3,6H,1-2H3;;;;;/q5*-1;;;;;;;;;;/p+1. The Morgan fingerprint density at radius 2 is 0.521 bits per heavy atom. The van der Waals surface area contributed by atoms with Crippen LogP contribution in [-0.4, -0.2) is 84.2 Å². The molecule has 6 N–H and O–H groups in total. The van der Waals surface area contributed by atoms with Crippen LogP contribution in [0.1, 0.15) is 223 Å². The van der Waals surface area contributed by atoms with Gasteiger partial charge in [0.1, 0.15) is 5.76 Å². The number of hydrogen-bond donors (Lipinski definition) is 5. The first-order valence-corrected chi connectivity index (χ1v) is 48.6. The fourth-order valence-corrected chi connectivity index (χ4v) is 14.2. The van der Waals surface area contributed by atoms with E-state index in [1.807, 2.05) is 121 Å². The van der Waals surface area contributed by atoms with E-state index in [0.717, 1.165) is 75.5 Å². The first-order valence-electron chi connectivity index (χ1n) is 48.6. The number of hydrogen-bond acceptors (Lipinski definition) is 14. The summed E-state index contributed by atoms with van der Waals surface area (Å²) in [6.45, 7) is 33.5.